The molecule has 2 aromatic rings. The van der Waals surface area contributed by atoms with Crippen LogP contribution >= 0.6 is 0 Å². The molecular weight excluding hydrogens is 276 g/mol. The second-order valence-corrected chi connectivity index (χ2v) is 6.12. The third-order valence-electron chi connectivity index (χ3n) is 4.62. The lowest BCUT2D eigenvalue weighted by molar-refractivity contribution is 0.632. The number of nitrogens with one attached hydrogen (secondary N) is 1. The van der Waals surface area contributed by atoms with Crippen LogP contribution in [0.25, 0.3) is 0 Å². The second kappa shape index (κ2) is 5.19. The Kier molecular flexibility index (Phi) is 3.17. The number of nitrogens with zero attached hydrogens (tertiary/aromatic N) is 5. The summed E-state index contributed by atoms with van der Waals surface area (Å²) in [5.74, 6) is 1.15. The van der Waals surface area contributed by atoms with Gasteiger partial charge in [-0.25, -0.2) is 0 Å². The Morgan fingerprint density at radius 2 is 1.95 bits per heavy atom. The molecule has 1 N–H and O–H groups in total. The molecular formula is C16H20N6. The lowest BCUT2D eigenvalue weighted by Crippen LogP contribution is -2.34. The Hall–Kier alpha value is -2.24. The predicted octanol–water partition coefficient (Wildman–Crippen LogP) is 3.54. The third-order valence-corrected chi connectivity index (χ3v) is 4.62. The fraction of sp³-hybridized carbons (Fsp3) is 0.500. The minimum Gasteiger partial charge on any atom is -0.371 e. The van der Waals surface area contributed by atoms with Crippen LogP contribution < -0.4 is 4.90 Å². The van der Waals surface area contributed by atoms with Crippen LogP contribution in [-0.4, -0.2) is 28.3 Å². The van der Waals surface area contributed by atoms with E-state index in [4.69, 9.17) is 0 Å². The van der Waals surface area contributed by atoms with E-state index in [-0.39, 0.29) is 0 Å². The minimum absolute atomic E-state index is 0.393. The molecule has 6 nitrogen and oxygen atoms in total. The molecule has 114 valence electrons. The molecule has 0 aliphatic carbocycles. The first kappa shape index (κ1) is 13.4. The Labute approximate surface area is 129 Å². The van der Waals surface area contributed by atoms with Crippen molar-refractivity contribution in [2.45, 2.75) is 39.5 Å². The molecule has 22 heavy (non-hydrogen) atoms. The summed E-state index contributed by atoms with van der Waals surface area (Å²) in [4.78, 5) is 6.72. The van der Waals surface area contributed by atoms with E-state index in [2.05, 4.69) is 43.3 Å². The van der Waals surface area contributed by atoms with Gasteiger partial charge in [0.15, 0.2) is 0 Å². The molecule has 1 aromatic carbocycles. The summed E-state index contributed by atoms with van der Waals surface area (Å²) in [6.07, 6.45) is 4.75. The number of aryl methyl sites for hydroxylation is 2. The highest BCUT2D eigenvalue weighted by Gasteiger charge is 2.26. The monoisotopic (exact) mass is 296 g/mol. The summed E-state index contributed by atoms with van der Waals surface area (Å²) >= 11 is 0. The quantitative estimate of drug-likeness (QED) is 0.862. The first-order valence-corrected chi connectivity index (χ1v) is 7.93. The molecule has 0 saturated heterocycles. The van der Waals surface area contributed by atoms with E-state index in [1.54, 1.807) is 0 Å². The van der Waals surface area contributed by atoms with Crippen molar-refractivity contribution in [1.29, 1.82) is 0 Å². The number of rotatable bonds is 2. The maximum atomic E-state index is 4.42. The van der Waals surface area contributed by atoms with Crippen LogP contribution in [0.2, 0.25) is 0 Å². The van der Waals surface area contributed by atoms with Crippen molar-refractivity contribution in [2.24, 2.45) is 10.2 Å². The van der Waals surface area contributed by atoms with Crippen LogP contribution in [0.5, 0.6) is 0 Å². The van der Waals surface area contributed by atoms with Crippen LogP contribution in [0.1, 0.15) is 35.4 Å². The highest BCUT2D eigenvalue weighted by Crippen LogP contribution is 2.41. The van der Waals surface area contributed by atoms with Crippen LogP contribution in [-0.2, 0) is 12.8 Å². The van der Waals surface area contributed by atoms with Crippen molar-refractivity contribution in [3.05, 3.63) is 28.6 Å². The van der Waals surface area contributed by atoms with Gasteiger partial charge in [0.25, 0.3) is 5.95 Å². The molecule has 0 amide bonds. The number of aromatic amines is 1. The number of H-pyrrole nitrogens is 1. The van der Waals surface area contributed by atoms with Gasteiger partial charge in [0.2, 0.25) is 0 Å². The Bertz CT molecular complexity index is 743. The average Bonchev–Trinajstić information content (AvgIpc) is 2.95. The maximum Gasteiger partial charge on any atom is 0.287 e. The molecule has 0 atom stereocenters. The van der Waals surface area contributed by atoms with Crippen molar-refractivity contribution in [2.75, 3.05) is 18.0 Å². The fourth-order valence-electron chi connectivity index (χ4n) is 3.58. The highest BCUT2D eigenvalue weighted by atomic mass is 15.3. The molecule has 0 unspecified atom stereocenters. The van der Waals surface area contributed by atoms with Gasteiger partial charge >= 0.3 is 0 Å². The molecule has 1 aromatic heterocycles. The first-order chi connectivity index (χ1) is 10.7. The largest absolute Gasteiger partial charge is 0.371 e. The standard InChI is InChI=1S/C16H20N6/c1-10-13-6-4-8-22-7-3-5-12(15(13)22)9-14(10)19-21-16-17-11(2)18-20-16/h9H,3-8H2,1-2H3,(H,17,18,20). The third kappa shape index (κ3) is 2.19. The second-order valence-electron chi connectivity index (χ2n) is 6.12. The van der Waals surface area contributed by atoms with E-state index in [1.165, 1.54) is 48.3 Å². The van der Waals surface area contributed by atoms with Crippen LogP contribution in [0.3, 0.4) is 0 Å². The summed E-state index contributed by atoms with van der Waals surface area (Å²) < 4.78 is 0. The number of aromatic nitrogens is 3. The smallest absolute Gasteiger partial charge is 0.287 e. The fourth-order valence-corrected chi connectivity index (χ4v) is 3.58. The van der Waals surface area contributed by atoms with Gasteiger partial charge in [-0.05, 0) is 62.3 Å². The molecule has 2 aliphatic heterocycles. The maximum absolute atomic E-state index is 4.42. The van der Waals surface area contributed by atoms with Crippen molar-refractivity contribution in [3.8, 4) is 0 Å². The topological polar surface area (TPSA) is 69.5 Å². The van der Waals surface area contributed by atoms with Crippen LogP contribution in [0.15, 0.2) is 16.3 Å². The van der Waals surface area contributed by atoms with Gasteiger partial charge in [0.05, 0.1) is 5.69 Å². The summed E-state index contributed by atoms with van der Waals surface area (Å²) in [6, 6.07) is 2.20. The molecule has 4 rings (SSSR count). The van der Waals surface area contributed by atoms with E-state index >= 15 is 0 Å². The minimum atomic E-state index is 0.393. The van der Waals surface area contributed by atoms with E-state index in [0.717, 1.165) is 24.4 Å². The van der Waals surface area contributed by atoms with E-state index in [9.17, 15) is 0 Å². The molecule has 6 heteroatoms. The summed E-state index contributed by atoms with van der Waals surface area (Å²) in [5, 5.41) is 15.4. The van der Waals surface area contributed by atoms with E-state index in [1.807, 2.05) is 6.92 Å². The molecule has 0 fully saturated rings. The molecule has 0 spiro atoms. The summed E-state index contributed by atoms with van der Waals surface area (Å²) in [6.45, 7) is 6.40. The number of benzene rings is 1. The zero-order valence-electron chi connectivity index (χ0n) is 13.1. The Morgan fingerprint density at radius 1 is 1.14 bits per heavy atom. The van der Waals surface area contributed by atoms with Gasteiger partial charge in [-0.2, -0.15) is 4.98 Å². The zero-order chi connectivity index (χ0) is 15.1. The Balaban J connectivity index is 1.76. The SMILES string of the molecule is Cc1nc(N=Nc2cc3c4c(c2C)CCCN4CCC3)n[nH]1. The molecule has 3 heterocycles. The van der Waals surface area contributed by atoms with Gasteiger partial charge in [-0.15, -0.1) is 15.3 Å². The Morgan fingerprint density at radius 3 is 2.73 bits per heavy atom. The normalized spacial score (nSPS) is 17.1. The first-order valence-electron chi connectivity index (χ1n) is 7.93. The highest BCUT2D eigenvalue weighted by molar-refractivity contribution is 5.71. The van der Waals surface area contributed by atoms with E-state index < -0.39 is 0 Å². The average molecular weight is 296 g/mol. The zero-order valence-corrected chi connectivity index (χ0v) is 13.1. The lowest BCUT2D eigenvalue weighted by atomic mass is 9.88. The number of hydrogen-bond donors (Lipinski definition) is 1. The van der Waals surface area contributed by atoms with Gasteiger partial charge in [-0.3, -0.25) is 5.10 Å². The van der Waals surface area contributed by atoms with Gasteiger partial charge in [-0.1, -0.05) is 0 Å². The van der Waals surface area contributed by atoms with Crippen LogP contribution in [0.4, 0.5) is 17.3 Å². The van der Waals surface area contributed by atoms with Gasteiger partial charge in [0.1, 0.15) is 5.82 Å². The van der Waals surface area contributed by atoms with Crippen molar-refractivity contribution >= 4 is 17.3 Å². The molecule has 0 saturated carbocycles. The van der Waals surface area contributed by atoms with Crippen molar-refractivity contribution in [3.63, 3.8) is 0 Å². The predicted molar refractivity (Wildman–Crippen MR) is 85.3 cm³/mol. The number of hydrogen-bond acceptors (Lipinski definition) is 5. The van der Waals surface area contributed by atoms with Crippen LogP contribution in [0, 0.1) is 13.8 Å². The van der Waals surface area contributed by atoms with E-state index in [0.29, 0.717) is 5.95 Å². The van der Waals surface area contributed by atoms with Crippen molar-refractivity contribution < 1.29 is 0 Å². The van der Waals surface area contributed by atoms with Crippen molar-refractivity contribution in [1.82, 2.24) is 15.2 Å². The molecule has 0 bridgehead atoms. The molecule has 2 aliphatic rings. The summed E-state index contributed by atoms with van der Waals surface area (Å²) in [7, 11) is 0. The number of azo groups is 1. The van der Waals surface area contributed by atoms with Gasteiger partial charge < -0.3 is 4.90 Å². The molecule has 0 radical (unpaired) electrons. The number of anilines is 1. The lowest BCUT2D eigenvalue weighted by Gasteiger charge is -2.37. The van der Waals surface area contributed by atoms with Gasteiger partial charge in [0, 0.05) is 18.8 Å². The summed E-state index contributed by atoms with van der Waals surface area (Å²) in [5.41, 5.74) is 6.57.